The van der Waals surface area contributed by atoms with Crippen LogP contribution in [-0.4, -0.2) is 35.2 Å². The molecule has 0 atom stereocenters. The van der Waals surface area contributed by atoms with Crippen LogP contribution in [0.2, 0.25) is 0 Å². The minimum Gasteiger partial charge on any atom is -0.497 e. The van der Waals surface area contributed by atoms with Gasteiger partial charge in [-0.3, -0.25) is 4.79 Å². The maximum atomic E-state index is 12.4. The second-order valence-electron chi connectivity index (χ2n) is 5.29. The number of hydrogen-bond acceptors (Lipinski definition) is 5. The number of carbonyl (C=O) groups excluding carboxylic acids is 1. The zero-order valence-electron chi connectivity index (χ0n) is 13.5. The van der Waals surface area contributed by atoms with E-state index in [1.807, 2.05) is 30.3 Å². The molecular formula is C18H17N3O3. The number of ether oxygens (including phenoxy) is 1. The van der Waals surface area contributed by atoms with Crippen LogP contribution in [0.5, 0.6) is 5.75 Å². The Bertz CT molecular complexity index is 813. The van der Waals surface area contributed by atoms with Crippen molar-refractivity contribution >= 4 is 5.91 Å². The lowest BCUT2D eigenvalue weighted by Gasteiger charge is -2.14. The van der Waals surface area contributed by atoms with Gasteiger partial charge in [0.15, 0.2) is 0 Å². The number of amides is 1. The monoisotopic (exact) mass is 323 g/mol. The van der Waals surface area contributed by atoms with Crippen LogP contribution in [0.25, 0.3) is 11.5 Å². The van der Waals surface area contributed by atoms with Gasteiger partial charge in [-0.1, -0.05) is 30.3 Å². The summed E-state index contributed by atoms with van der Waals surface area (Å²) in [5.41, 5.74) is 1.76. The Morgan fingerprint density at radius 1 is 1.08 bits per heavy atom. The summed E-state index contributed by atoms with van der Waals surface area (Å²) in [5, 5.41) is 7.81. The van der Waals surface area contributed by atoms with Crippen molar-refractivity contribution in [2.45, 2.75) is 6.54 Å². The van der Waals surface area contributed by atoms with Gasteiger partial charge in [0.1, 0.15) is 5.75 Å². The molecule has 6 nitrogen and oxygen atoms in total. The average Bonchev–Trinajstić information content (AvgIpc) is 3.12. The van der Waals surface area contributed by atoms with E-state index in [4.69, 9.17) is 9.15 Å². The summed E-state index contributed by atoms with van der Waals surface area (Å²) >= 11 is 0. The van der Waals surface area contributed by atoms with Crippen molar-refractivity contribution in [3.8, 4) is 17.2 Å². The van der Waals surface area contributed by atoms with Gasteiger partial charge in [-0.2, -0.15) is 0 Å². The largest absolute Gasteiger partial charge is 0.497 e. The normalized spacial score (nSPS) is 10.4. The van der Waals surface area contributed by atoms with Crippen molar-refractivity contribution in [2.75, 3.05) is 14.2 Å². The molecule has 0 radical (unpaired) electrons. The van der Waals surface area contributed by atoms with E-state index >= 15 is 0 Å². The van der Waals surface area contributed by atoms with Crippen molar-refractivity contribution in [3.05, 3.63) is 66.1 Å². The molecule has 0 saturated carbocycles. The smallest absolute Gasteiger partial charge is 0.311 e. The zero-order chi connectivity index (χ0) is 16.9. The van der Waals surface area contributed by atoms with Gasteiger partial charge in [-0.05, 0) is 29.8 Å². The number of carbonyl (C=O) groups is 1. The third-order valence-corrected chi connectivity index (χ3v) is 3.55. The molecule has 0 aliphatic rings. The Morgan fingerprint density at radius 2 is 1.79 bits per heavy atom. The van der Waals surface area contributed by atoms with E-state index in [0.717, 1.165) is 16.9 Å². The average molecular weight is 323 g/mol. The lowest BCUT2D eigenvalue weighted by molar-refractivity contribution is 0.0746. The minimum absolute atomic E-state index is 0.0285. The van der Waals surface area contributed by atoms with Crippen molar-refractivity contribution in [2.24, 2.45) is 0 Å². The topological polar surface area (TPSA) is 68.5 Å². The van der Waals surface area contributed by atoms with Gasteiger partial charge in [0, 0.05) is 19.2 Å². The highest BCUT2D eigenvalue weighted by Gasteiger charge is 2.20. The van der Waals surface area contributed by atoms with Crippen molar-refractivity contribution in [1.82, 2.24) is 15.1 Å². The molecule has 0 saturated heterocycles. The number of aromatic nitrogens is 2. The molecule has 1 heterocycles. The second kappa shape index (κ2) is 6.95. The number of hydrogen-bond donors (Lipinski definition) is 0. The summed E-state index contributed by atoms with van der Waals surface area (Å²) in [4.78, 5) is 13.9. The standard InChI is InChI=1S/C18H17N3O3/c1-21(12-13-6-4-3-5-7-13)18(22)17-20-19-16(24-17)14-8-10-15(23-2)11-9-14/h3-11H,12H2,1-2H3. The van der Waals surface area contributed by atoms with Crippen LogP contribution in [0.4, 0.5) is 0 Å². The van der Waals surface area contributed by atoms with Crippen LogP contribution in [0.15, 0.2) is 59.0 Å². The van der Waals surface area contributed by atoms with Gasteiger partial charge in [-0.15, -0.1) is 10.2 Å². The Balaban J connectivity index is 1.73. The molecule has 3 aromatic rings. The summed E-state index contributed by atoms with van der Waals surface area (Å²) in [7, 11) is 3.30. The van der Waals surface area contributed by atoms with Gasteiger partial charge in [-0.25, -0.2) is 0 Å². The Kier molecular flexibility index (Phi) is 4.56. The molecule has 6 heteroatoms. The van der Waals surface area contributed by atoms with E-state index in [1.165, 1.54) is 0 Å². The lowest BCUT2D eigenvalue weighted by atomic mass is 10.2. The van der Waals surface area contributed by atoms with E-state index < -0.39 is 0 Å². The quantitative estimate of drug-likeness (QED) is 0.722. The fourth-order valence-electron chi connectivity index (χ4n) is 2.25. The molecule has 0 aliphatic heterocycles. The van der Waals surface area contributed by atoms with Gasteiger partial charge in [0.25, 0.3) is 0 Å². The first-order valence-electron chi connectivity index (χ1n) is 7.44. The SMILES string of the molecule is COc1ccc(-c2nnc(C(=O)N(C)Cc3ccccc3)o2)cc1. The summed E-state index contributed by atoms with van der Waals surface area (Å²) in [6.07, 6.45) is 0. The molecule has 0 unspecified atom stereocenters. The fraction of sp³-hybridized carbons (Fsp3) is 0.167. The molecule has 0 N–H and O–H groups in total. The molecule has 0 spiro atoms. The number of rotatable bonds is 5. The highest BCUT2D eigenvalue weighted by Crippen LogP contribution is 2.21. The molecule has 3 rings (SSSR count). The number of methoxy groups -OCH3 is 1. The molecule has 1 amide bonds. The molecule has 0 bridgehead atoms. The Labute approximate surface area is 139 Å². The van der Waals surface area contributed by atoms with E-state index in [2.05, 4.69) is 10.2 Å². The lowest BCUT2D eigenvalue weighted by Crippen LogP contribution is -2.26. The highest BCUT2D eigenvalue weighted by molar-refractivity contribution is 5.89. The first kappa shape index (κ1) is 15.7. The van der Waals surface area contributed by atoms with Crippen LogP contribution in [-0.2, 0) is 6.54 Å². The summed E-state index contributed by atoms with van der Waals surface area (Å²) < 4.78 is 10.6. The minimum atomic E-state index is -0.314. The van der Waals surface area contributed by atoms with Gasteiger partial charge in [0.05, 0.1) is 7.11 Å². The van der Waals surface area contributed by atoms with E-state index in [9.17, 15) is 4.79 Å². The predicted molar refractivity (Wildman–Crippen MR) is 88.5 cm³/mol. The first-order valence-corrected chi connectivity index (χ1v) is 7.44. The van der Waals surface area contributed by atoms with Gasteiger partial charge in [0.2, 0.25) is 5.89 Å². The molecular weight excluding hydrogens is 306 g/mol. The van der Waals surface area contributed by atoms with Crippen molar-refractivity contribution < 1.29 is 13.9 Å². The molecule has 122 valence electrons. The fourth-order valence-corrected chi connectivity index (χ4v) is 2.25. The van der Waals surface area contributed by atoms with Crippen LogP contribution < -0.4 is 4.74 Å². The molecule has 24 heavy (non-hydrogen) atoms. The number of nitrogens with zero attached hydrogens (tertiary/aromatic N) is 3. The molecule has 1 aromatic heterocycles. The van der Waals surface area contributed by atoms with Gasteiger partial charge < -0.3 is 14.1 Å². The molecule has 0 fully saturated rings. The van der Waals surface area contributed by atoms with Crippen molar-refractivity contribution in [3.63, 3.8) is 0 Å². The Hall–Kier alpha value is -3.15. The maximum absolute atomic E-state index is 12.4. The van der Waals surface area contributed by atoms with Crippen LogP contribution in [0, 0.1) is 0 Å². The van der Waals surface area contributed by atoms with Crippen LogP contribution in [0.3, 0.4) is 0 Å². The molecule has 2 aromatic carbocycles. The third kappa shape index (κ3) is 3.43. The Morgan fingerprint density at radius 3 is 2.46 bits per heavy atom. The first-order chi connectivity index (χ1) is 11.7. The van der Waals surface area contributed by atoms with Crippen LogP contribution in [0.1, 0.15) is 16.2 Å². The maximum Gasteiger partial charge on any atom is 0.311 e. The van der Waals surface area contributed by atoms with E-state index in [0.29, 0.717) is 12.4 Å². The number of benzene rings is 2. The summed E-state index contributed by atoms with van der Waals surface area (Å²) in [5.74, 6) is 0.691. The predicted octanol–water partition coefficient (Wildman–Crippen LogP) is 3.02. The summed E-state index contributed by atoms with van der Waals surface area (Å²) in [6.45, 7) is 0.472. The van der Waals surface area contributed by atoms with Crippen LogP contribution >= 0.6 is 0 Å². The third-order valence-electron chi connectivity index (χ3n) is 3.55. The second-order valence-corrected chi connectivity index (χ2v) is 5.29. The highest BCUT2D eigenvalue weighted by atomic mass is 16.5. The van der Waals surface area contributed by atoms with E-state index in [-0.39, 0.29) is 11.8 Å². The van der Waals surface area contributed by atoms with Crippen molar-refractivity contribution in [1.29, 1.82) is 0 Å². The van der Waals surface area contributed by atoms with E-state index in [1.54, 1.807) is 43.3 Å². The summed E-state index contributed by atoms with van der Waals surface area (Å²) in [6, 6.07) is 16.9. The zero-order valence-corrected chi connectivity index (χ0v) is 13.5. The molecule has 0 aliphatic carbocycles. The van der Waals surface area contributed by atoms with Gasteiger partial charge >= 0.3 is 11.8 Å².